The number of aromatic nitrogens is 2. The maximum Gasteiger partial charge on any atom is 0.349 e. The number of carbonyl (C=O) groups excluding carboxylic acids is 1. The molecule has 7 heteroatoms. The molecular formula is C10H13ClN2O3S. The third-order valence-electron chi connectivity index (χ3n) is 1.87. The summed E-state index contributed by atoms with van der Waals surface area (Å²) in [5.41, 5.74) is -1.12. The Labute approximate surface area is 109 Å². The van der Waals surface area contributed by atoms with E-state index in [9.17, 15) is 4.79 Å². The molecule has 0 N–H and O–H groups in total. The lowest BCUT2D eigenvalue weighted by Gasteiger charge is -2.22. The Morgan fingerprint density at radius 2 is 2.12 bits per heavy atom. The molecule has 17 heavy (non-hydrogen) atoms. The third kappa shape index (κ3) is 3.74. The monoisotopic (exact) mass is 276 g/mol. The summed E-state index contributed by atoms with van der Waals surface area (Å²) in [5, 5.41) is 0.744. The second kappa shape index (κ2) is 5.55. The quantitative estimate of drug-likeness (QED) is 0.364. The molecule has 0 aliphatic rings. The van der Waals surface area contributed by atoms with Crippen LogP contribution in [0.15, 0.2) is 11.2 Å². The summed E-state index contributed by atoms with van der Waals surface area (Å²) in [6, 6.07) is 1.45. The van der Waals surface area contributed by atoms with E-state index in [1.165, 1.54) is 24.9 Å². The van der Waals surface area contributed by atoms with Gasteiger partial charge in [-0.05, 0) is 20.1 Å². The molecule has 0 aliphatic heterocycles. The van der Waals surface area contributed by atoms with Crippen LogP contribution in [0.4, 0.5) is 0 Å². The molecule has 0 spiro atoms. The van der Waals surface area contributed by atoms with E-state index in [0.29, 0.717) is 5.16 Å². The molecule has 0 saturated carbocycles. The molecule has 0 amide bonds. The Morgan fingerprint density at radius 1 is 1.47 bits per heavy atom. The van der Waals surface area contributed by atoms with Crippen LogP contribution in [0.2, 0.25) is 5.15 Å². The average molecular weight is 277 g/mol. The molecule has 5 nitrogen and oxygen atoms in total. The van der Waals surface area contributed by atoms with Crippen LogP contribution in [0.5, 0.6) is 5.88 Å². The van der Waals surface area contributed by atoms with Gasteiger partial charge in [0, 0.05) is 6.07 Å². The van der Waals surface area contributed by atoms with Gasteiger partial charge in [0.15, 0.2) is 5.16 Å². The van der Waals surface area contributed by atoms with Crippen LogP contribution in [0, 0.1) is 0 Å². The Kier molecular flexibility index (Phi) is 4.59. The number of carbonyl (C=O) groups is 1. The Balaban J connectivity index is 2.95. The second-order valence-corrected chi connectivity index (χ2v) is 4.78. The molecule has 0 bridgehead atoms. The number of thioether (sulfide) groups is 1. The minimum absolute atomic E-state index is 0.241. The van der Waals surface area contributed by atoms with Gasteiger partial charge in [-0.2, -0.15) is 4.98 Å². The lowest BCUT2D eigenvalue weighted by molar-refractivity contribution is -0.156. The van der Waals surface area contributed by atoms with E-state index in [0.717, 1.165) is 0 Å². The SMILES string of the molecule is COC(=O)C(C)(C)Oc1cc(Cl)nc(SC)n1. The lowest BCUT2D eigenvalue weighted by atomic mass is 10.1. The van der Waals surface area contributed by atoms with Crippen molar-refractivity contribution in [2.75, 3.05) is 13.4 Å². The number of ether oxygens (including phenoxy) is 2. The van der Waals surface area contributed by atoms with Gasteiger partial charge in [-0.3, -0.25) is 0 Å². The van der Waals surface area contributed by atoms with E-state index >= 15 is 0 Å². The Bertz CT molecular complexity index is 426. The first-order valence-electron chi connectivity index (χ1n) is 4.75. The zero-order valence-electron chi connectivity index (χ0n) is 9.98. The van der Waals surface area contributed by atoms with Crippen LogP contribution in [0.3, 0.4) is 0 Å². The van der Waals surface area contributed by atoms with Crippen molar-refractivity contribution in [3.05, 3.63) is 11.2 Å². The largest absolute Gasteiger partial charge is 0.466 e. The highest BCUT2D eigenvalue weighted by atomic mass is 35.5. The second-order valence-electron chi connectivity index (χ2n) is 3.62. The van der Waals surface area contributed by atoms with Gasteiger partial charge in [0.2, 0.25) is 11.5 Å². The van der Waals surface area contributed by atoms with Gasteiger partial charge in [0.1, 0.15) is 5.15 Å². The molecule has 0 saturated heterocycles. The van der Waals surface area contributed by atoms with Crippen molar-refractivity contribution in [1.29, 1.82) is 0 Å². The first kappa shape index (κ1) is 14.1. The van der Waals surface area contributed by atoms with Crippen LogP contribution in [-0.2, 0) is 9.53 Å². The fraction of sp³-hybridized carbons (Fsp3) is 0.500. The molecule has 94 valence electrons. The maximum atomic E-state index is 11.4. The minimum Gasteiger partial charge on any atom is -0.466 e. The number of halogens is 1. The van der Waals surface area contributed by atoms with Crippen LogP contribution in [0.1, 0.15) is 13.8 Å². The number of esters is 1. The predicted octanol–water partition coefficient (Wildman–Crippen LogP) is 2.18. The van der Waals surface area contributed by atoms with Crippen molar-refractivity contribution in [3.63, 3.8) is 0 Å². The fourth-order valence-electron chi connectivity index (χ4n) is 1.07. The van der Waals surface area contributed by atoms with Crippen LogP contribution in [0.25, 0.3) is 0 Å². The summed E-state index contributed by atoms with van der Waals surface area (Å²) < 4.78 is 10.1. The average Bonchev–Trinajstić information content (AvgIpc) is 2.26. The van der Waals surface area contributed by atoms with E-state index in [-0.39, 0.29) is 11.0 Å². The highest BCUT2D eigenvalue weighted by molar-refractivity contribution is 7.98. The summed E-state index contributed by atoms with van der Waals surface area (Å²) in [7, 11) is 1.30. The van der Waals surface area contributed by atoms with Gasteiger partial charge in [-0.25, -0.2) is 9.78 Å². The lowest BCUT2D eigenvalue weighted by Crippen LogP contribution is -2.39. The molecule has 0 aliphatic carbocycles. The molecule has 0 atom stereocenters. The molecule has 0 radical (unpaired) electrons. The normalized spacial score (nSPS) is 11.1. The first-order chi connectivity index (χ1) is 7.89. The molecule has 0 aromatic carbocycles. The summed E-state index contributed by atoms with van der Waals surface area (Å²) >= 11 is 7.14. The first-order valence-corrected chi connectivity index (χ1v) is 6.35. The molecule has 0 fully saturated rings. The number of hydrogen-bond acceptors (Lipinski definition) is 6. The van der Waals surface area contributed by atoms with Crippen molar-refractivity contribution in [1.82, 2.24) is 9.97 Å². The van der Waals surface area contributed by atoms with E-state index < -0.39 is 11.6 Å². The summed E-state index contributed by atoms with van der Waals surface area (Å²) in [6.45, 7) is 3.18. The van der Waals surface area contributed by atoms with Gasteiger partial charge < -0.3 is 9.47 Å². The van der Waals surface area contributed by atoms with Gasteiger partial charge in [-0.15, -0.1) is 0 Å². The van der Waals surface area contributed by atoms with Crippen LogP contribution < -0.4 is 4.74 Å². The van der Waals surface area contributed by atoms with Crippen molar-refractivity contribution < 1.29 is 14.3 Å². The minimum atomic E-state index is -1.12. The van der Waals surface area contributed by atoms with Gasteiger partial charge >= 0.3 is 5.97 Å². The van der Waals surface area contributed by atoms with Gasteiger partial charge in [0.05, 0.1) is 7.11 Å². The molecular weight excluding hydrogens is 264 g/mol. The number of methoxy groups -OCH3 is 1. The number of nitrogens with zero attached hydrogens (tertiary/aromatic N) is 2. The van der Waals surface area contributed by atoms with Gasteiger partial charge in [0.25, 0.3) is 0 Å². The molecule has 1 aromatic rings. The van der Waals surface area contributed by atoms with Crippen molar-refractivity contribution in [3.8, 4) is 5.88 Å². The molecule has 1 rings (SSSR count). The van der Waals surface area contributed by atoms with E-state index in [1.807, 2.05) is 6.26 Å². The topological polar surface area (TPSA) is 61.3 Å². The Morgan fingerprint density at radius 3 is 2.65 bits per heavy atom. The summed E-state index contributed by atoms with van der Waals surface area (Å²) in [6.07, 6.45) is 1.82. The van der Waals surface area contributed by atoms with Crippen LogP contribution >= 0.6 is 23.4 Å². The van der Waals surface area contributed by atoms with Crippen molar-refractivity contribution in [2.24, 2.45) is 0 Å². The van der Waals surface area contributed by atoms with Crippen molar-refractivity contribution >= 4 is 29.3 Å². The predicted molar refractivity (Wildman–Crippen MR) is 65.5 cm³/mol. The molecule has 1 heterocycles. The molecule has 1 aromatic heterocycles. The molecule has 0 unspecified atom stereocenters. The van der Waals surface area contributed by atoms with E-state index in [2.05, 4.69) is 14.7 Å². The van der Waals surface area contributed by atoms with Gasteiger partial charge in [-0.1, -0.05) is 23.4 Å². The third-order valence-corrected chi connectivity index (χ3v) is 2.61. The Hall–Kier alpha value is -1.01. The van der Waals surface area contributed by atoms with E-state index in [1.54, 1.807) is 13.8 Å². The number of rotatable bonds is 4. The summed E-state index contributed by atoms with van der Waals surface area (Å²) in [4.78, 5) is 19.5. The smallest absolute Gasteiger partial charge is 0.349 e. The zero-order valence-corrected chi connectivity index (χ0v) is 11.6. The highest BCUT2D eigenvalue weighted by Gasteiger charge is 2.31. The fourth-order valence-corrected chi connectivity index (χ4v) is 1.66. The standard InChI is InChI=1S/C10H13ClN2O3S/c1-10(2,8(14)15-3)16-7-5-6(11)12-9(13-7)17-4/h5H,1-4H3. The zero-order chi connectivity index (χ0) is 13.1. The summed E-state index contributed by atoms with van der Waals surface area (Å²) in [5.74, 6) is -0.248. The van der Waals surface area contributed by atoms with Crippen molar-refractivity contribution in [2.45, 2.75) is 24.6 Å². The number of hydrogen-bond donors (Lipinski definition) is 0. The highest BCUT2D eigenvalue weighted by Crippen LogP contribution is 2.22. The van der Waals surface area contributed by atoms with Crippen LogP contribution in [-0.4, -0.2) is 34.9 Å². The van der Waals surface area contributed by atoms with E-state index in [4.69, 9.17) is 16.3 Å². The maximum absolute atomic E-state index is 11.4.